The maximum absolute atomic E-state index is 14.7. The van der Waals surface area contributed by atoms with Gasteiger partial charge in [0.1, 0.15) is 41.0 Å². The number of benzene rings is 1. The maximum atomic E-state index is 14.7. The summed E-state index contributed by atoms with van der Waals surface area (Å²) in [7, 11) is -4.24. The van der Waals surface area contributed by atoms with Crippen LogP contribution in [0.2, 0.25) is 0 Å². The second-order valence-electron chi connectivity index (χ2n) is 9.50. The quantitative estimate of drug-likeness (QED) is 0.181. The summed E-state index contributed by atoms with van der Waals surface area (Å²) in [6.07, 6.45) is -1.75. The van der Waals surface area contributed by atoms with E-state index in [1.807, 2.05) is 0 Å². The van der Waals surface area contributed by atoms with Crippen LogP contribution in [0.15, 0.2) is 42.9 Å². The highest BCUT2D eigenvalue weighted by Gasteiger charge is 2.54. The number of carbonyl (C=O) groups excluding carboxylic acids is 1. The van der Waals surface area contributed by atoms with Crippen molar-refractivity contribution in [1.82, 2.24) is 19.6 Å². The molecule has 1 unspecified atom stereocenters. The Morgan fingerprint density at radius 3 is 2.69 bits per heavy atom. The maximum Gasteiger partial charge on any atom is 0.459 e. The van der Waals surface area contributed by atoms with E-state index in [4.69, 9.17) is 35.9 Å². The number of aromatic nitrogens is 3. The van der Waals surface area contributed by atoms with Crippen molar-refractivity contribution in [2.45, 2.75) is 63.2 Å². The van der Waals surface area contributed by atoms with Gasteiger partial charge in [-0.1, -0.05) is 18.2 Å². The molecule has 0 aliphatic carbocycles. The molecule has 0 saturated carbocycles. The van der Waals surface area contributed by atoms with Crippen LogP contribution in [0.4, 0.5) is 10.2 Å². The van der Waals surface area contributed by atoms with E-state index in [1.165, 1.54) is 24.7 Å². The molecule has 0 amide bonds. The molecule has 1 aromatic carbocycles. The van der Waals surface area contributed by atoms with Gasteiger partial charge in [0.25, 0.3) is 0 Å². The molecule has 39 heavy (non-hydrogen) atoms. The van der Waals surface area contributed by atoms with Crippen LogP contribution >= 0.6 is 19.3 Å². The monoisotopic (exact) mass is 585 g/mol. The fourth-order valence-corrected chi connectivity index (χ4v) is 5.90. The SMILES string of the molecule is CC(C)OC(=O)[C@H](C)NP(=O)(OC[C@H]1O[C@@H](n2cc(F)c3c(N)ncnc32)[C@](C)(Cl)[C@@H]1O)Oc1ccccc1. The van der Waals surface area contributed by atoms with Crippen molar-refractivity contribution in [3.05, 3.63) is 48.7 Å². The fourth-order valence-electron chi connectivity index (χ4n) is 4.10. The second-order valence-corrected chi connectivity index (χ2v) is 12.0. The number of hydrogen-bond acceptors (Lipinski definition) is 10. The van der Waals surface area contributed by atoms with Crippen LogP contribution in [0.1, 0.15) is 33.9 Å². The Hall–Kier alpha value is -2.80. The molecule has 2 aromatic heterocycles. The largest absolute Gasteiger partial charge is 0.462 e. The summed E-state index contributed by atoms with van der Waals surface area (Å²) in [5, 5.41) is 13.6. The van der Waals surface area contributed by atoms with E-state index >= 15 is 0 Å². The van der Waals surface area contributed by atoms with Crippen molar-refractivity contribution < 1.29 is 37.4 Å². The van der Waals surface area contributed by atoms with Crippen molar-refractivity contribution in [2.24, 2.45) is 0 Å². The average Bonchev–Trinajstić information content (AvgIpc) is 3.31. The van der Waals surface area contributed by atoms with E-state index in [2.05, 4.69) is 15.1 Å². The first-order valence-corrected chi connectivity index (χ1v) is 14.0. The molecule has 0 radical (unpaired) electrons. The molecule has 12 nitrogen and oxygen atoms in total. The van der Waals surface area contributed by atoms with Crippen molar-refractivity contribution in [1.29, 1.82) is 0 Å². The van der Waals surface area contributed by atoms with E-state index < -0.39 is 61.6 Å². The molecule has 6 atom stereocenters. The van der Waals surface area contributed by atoms with Crippen molar-refractivity contribution in [3.63, 3.8) is 0 Å². The molecule has 3 heterocycles. The van der Waals surface area contributed by atoms with Gasteiger partial charge in [-0.2, -0.15) is 5.09 Å². The molecule has 1 aliphatic rings. The van der Waals surface area contributed by atoms with E-state index in [0.717, 1.165) is 6.20 Å². The first-order chi connectivity index (χ1) is 18.3. The first kappa shape index (κ1) is 29.2. The number of nitrogens with one attached hydrogen (secondary N) is 1. The highest BCUT2D eigenvalue weighted by molar-refractivity contribution is 7.52. The number of esters is 1. The lowest BCUT2D eigenvalue weighted by Crippen LogP contribution is -2.40. The summed E-state index contributed by atoms with van der Waals surface area (Å²) < 4.78 is 52.2. The Bertz CT molecular complexity index is 1380. The van der Waals surface area contributed by atoms with Gasteiger partial charge in [-0.3, -0.25) is 9.32 Å². The minimum Gasteiger partial charge on any atom is -0.462 e. The number of anilines is 1. The van der Waals surface area contributed by atoms with Crippen molar-refractivity contribution in [3.8, 4) is 5.75 Å². The summed E-state index contributed by atoms with van der Waals surface area (Å²) >= 11 is 6.69. The van der Waals surface area contributed by atoms with Gasteiger partial charge in [0.15, 0.2) is 17.7 Å². The van der Waals surface area contributed by atoms with Crippen LogP contribution in [0.5, 0.6) is 5.75 Å². The van der Waals surface area contributed by atoms with E-state index in [0.29, 0.717) is 0 Å². The van der Waals surface area contributed by atoms with Crippen LogP contribution in [0.25, 0.3) is 11.0 Å². The van der Waals surface area contributed by atoms with E-state index in [-0.39, 0.29) is 22.6 Å². The Balaban J connectivity index is 1.56. The van der Waals surface area contributed by atoms with Crippen LogP contribution in [0.3, 0.4) is 0 Å². The van der Waals surface area contributed by atoms with Gasteiger partial charge >= 0.3 is 13.7 Å². The van der Waals surface area contributed by atoms with E-state index in [9.17, 15) is 18.9 Å². The molecule has 0 bridgehead atoms. The minimum absolute atomic E-state index is 0.0185. The number of alkyl halides is 1. The summed E-state index contributed by atoms with van der Waals surface area (Å²) in [5.41, 5.74) is 5.92. The number of ether oxygens (including phenoxy) is 2. The molecule has 1 saturated heterocycles. The molecule has 4 N–H and O–H groups in total. The average molecular weight is 586 g/mol. The normalized spacial score (nSPS) is 25.5. The van der Waals surface area contributed by atoms with Crippen LogP contribution in [0, 0.1) is 5.82 Å². The van der Waals surface area contributed by atoms with Gasteiger partial charge in [0.05, 0.1) is 18.1 Å². The molecular formula is C24H30ClFN5O7P. The lowest BCUT2D eigenvalue weighted by molar-refractivity contribution is -0.149. The first-order valence-electron chi connectivity index (χ1n) is 12.1. The third kappa shape index (κ3) is 6.19. The number of nitrogens with zero attached hydrogens (tertiary/aromatic N) is 3. The number of hydrogen-bond donors (Lipinski definition) is 3. The Kier molecular flexibility index (Phi) is 8.50. The highest BCUT2D eigenvalue weighted by Crippen LogP contribution is 2.49. The zero-order valence-corrected chi connectivity index (χ0v) is 23.3. The molecule has 1 fully saturated rings. The number of para-hydroxylation sites is 1. The van der Waals surface area contributed by atoms with Crippen LogP contribution in [-0.2, 0) is 23.4 Å². The van der Waals surface area contributed by atoms with E-state index in [1.54, 1.807) is 44.2 Å². The number of nitrogen functional groups attached to an aromatic ring is 1. The molecular weight excluding hydrogens is 556 g/mol. The molecule has 15 heteroatoms. The molecule has 3 aromatic rings. The number of aliphatic hydroxyl groups excluding tert-OH is 1. The van der Waals surface area contributed by atoms with Gasteiger partial charge in [0, 0.05) is 6.20 Å². The molecule has 0 spiro atoms. The zero-order chi connectivity index (χ0) is 28.5. The third-order valence-electron chi connectivity index (χ3n) is 6.00. The van der Waals surface area contributed by atoms with Gasteiger partial charge in [0.2, 0.25) is 0 Å². The Morgan fingerprint density at radius 2 is 2.03 bits per heavy atom. The number of carbonyl (C=O) groups is 1. The summed E-state index contributed by atoms with van der Waals surface area (Å²) in [6, 6.07) is 7.12. The highest BCUT2D eigenvalue weighted by atomic mass is 35.5. The van der Waals surface area contributed by atoms with Crippen LogP contribution in [-0.4, -0.2) is 61.4 Å². The Morgan fingerprint density at radius 1 is 1.33 bits per heavy atom. The minimum atomic E-state index is -4.24. The summed E-state index contributed by atoms with van der Waals surface area (Å²) in [4.78, 5) is 18.8. The summed E-state index contributed by atoms with van der Waals surface area (Å²) in [5.74, 6) is -1.22. The van der Waals surface area contributed by atoms with Gasteiger partial charge in [-0.25, -0.2) is 18.9 Å². The standard InChI is InChI=1S/C24H30ClFN5O7P/c1-13(2)36-22(33)14(3)30-39(34,38-15-8-6-5-7-9-15)35-11-17-19(32)24(4,25)23(37-17)31-10-16(26)18-20(27)28-12-29-21(18)31/h5-10,12-14,17,19,23,32H,11H2,1-4H3,(H,30,34)(H2,27,28,29)/t14-,17+,19+,23+,24+,39?/m0/s1. The number of rotatable bonds is 10. The zero-order valence-electron chi connectivity index (χ0n) is 21.7. The van der Waals surface area contributed by atoms with Crippen molar-refractivity contribution in [2.75, 3.05) is 12.3 Å². The van der Waals surface area contributed by atoms with Gasteiger partial charge in [-0.05, 0) is 39.8 Å². The molecule has 1 aliphatic heterocycles. The predicted molar refractivity (Wildman–Crippen MR) is 141 cm³/mol. The lowest BCUT2D eigenvalue weighted by Gasteiger charge is -2.26. The molecule has 4 rings (SSSR count). The van der Waals surface area contributed by atoms with Gasteiger partial charge < -0.3 is 29.4 Å². The second kappa shape index (κ2) is 11.4. The topological polar surface area (TPSA) is 160 Å². The fraction of sp³-hybridized carbons (Fsp3) is 0.458. The number of aliphatic hydroxyl groups is 1. The lowest BCUT2D eigenvalue weighted by atomic mass is 10.0. The predicted octanol–water partition coefficient (Wildman–Crippen LogP) is 3.54. The number of fused-ring (bicyclic) bond motifs is 1. The Labute approximate surface area is 229 Å². The number of nitrogens with two attached hydrogens (primary N) is 1. The van der Waals surface area contributed by atoms with Crippen LogP contribution < -0.4 is 15.3 Å². The smallest absolute Gasteiger partial charge is 0.459 e. The molecule has 212 valence electrons. The summed E-state index contributed by atoms with van der Waals surface area (Å²) in [6.45, 7) is 5.84. The number of halogens is 2. The van der Waals surface area contributed by atoms with Crippen molar-refractivity contribution >= 4 is 42.2 Å². The third-order valence-corrected chi connectivity index (χ3v) is 8.05. The van der Waals surface area contributed by atoms with Gasteiger partial charge in [-0.15, -0.1) is 11.6 Å².